The zero-order chi connectivity index (χ0) is 17.7. The number of nitrogens with zero attached hydrogens (tertiary/aromatic N) is 2. The summed E-state index contributed by atoms with van der Waals surface area (Å²) in [5.41, 5.74) is 1.92. The van der Waals surface area contributed by atoms with E-state index >= 15 is 0 Å². The summed E-state index contributed by atoms with van der Waals surface area (Å²) in [6.45, 7) is 1.27. The van der Waals surface area contributed by atoms with E-state index in [4.69, 9.17) is 4.74 Å². The number of aliphatic imine (C=N–C) groups is 1. The molecular formula is C19H24FIN4O. The molecular weight excluding hydrogens is 446 g/mol. The highest BCUT2D eigenvalue weighted by atomic mass is 127. The average Bonchev–Trinajstić information content (AvgIpc) is 3.43. The van der Waals surface area contributed by atoms with E-state index < -0.39 is 0 Å². The van der Waals surface area contributed by atoms with Gasteiger partial charge in [0.15, 0.2) is 5.96 Å². The molecule has 1 heterocycles. The lowest BCUT2D eigenvalue weighted by atomic mass is 9.96. The average molecular weight is 470 g/mol. The van der Waals surface area contributed by atoms with Crippen molar-refractivity contribution in [1.82, 2.24) is 15.6 Å². The summed E-state index contributed by atoms with van der Waals surface area (Å²) in [6.07, 6.45) is 2.11. The van der Waals surface area contributed by atoms with Crippen molar-refractivity contribution < 1.29 is 9.13 Å². The molecule has 2 aromatic rings. The van der Waals surface area contributed by atoms with Crippen LogP contribution in [0.15, 0.2) is 47.5 Å². The van der Waals surface area contributed by atoms with Gasteiger partial charge in [0.05, 0.1) is 19.3 Å². The zero-order valence-corrected chi connectivity index (χ0v) is 17.3. The van der Waals surface area contributed by atoms with Gasteiger partial charge in [-0.25, -0.2) is 9.37 Å². The number of pyridine rings is 1. The Bertz CT molecular complexity index is 765. The van der Waals surface area contributed by atoms with E-state index in [9.17, 15) is 4.39 Å². The summed E-state index contributed by atoms with van der Waals surface area (Å²) in [5, 5.41) is 6.59. The van der Waals surface area contributed by atoms with Gasteiger partial charge in [0.2, 0.25) is 5.88 Å². The quantitative estimate of drug-likeness (QED) is 0.387. The standard InChI is InChI=1S/C19H23FN4O.HI/c1-21-18(22-12-16-7-4-8-17(24-16)25-2)23-13-19(9-10-19)14-5-3-6-15(20)11-14;/h3-8,11H,9-10,12-13H2,1-2H3,(H2,21,22,23);1H. The second-order valence-electron chi connectivity index (χ2n) is 6.24. The Morgan fingerprint density at radius 1 is 1.23 bits per heavy atom. The molecule has 0 unspecified atom stereocenters. The number of guanidine groups is 1. The van der Waals surface area contributed by atoms with E-state index in [0.717, 1.165) is 30.6 Å². The first-order valence-corrected chi connectivity index (χ1v) is 8.36. The van der Waals surface area contributed by atoms with Crippen LogP contribution in [-0.2, 0) is 12.0 Å². The van der Waals surface area contributed by atoms with Crippen molar-refractivity contribution in [1.29, 1.82) is 0 Å². The van der Waals surface area contributed by atoms with Gasteiger partial charge < -0.3 is 15.4 Å². The number of methoxy groups -OCH3 is 1. The summed E-state index contributed by atoms with van der Waals surface area (Å²) < 4.78 is 18.6. The Balaban J connectivity index is 0.00000243. The van der Waals surface area contributed by atoms with Gasteiger partial charge in [0, 0.05) is 25.1 Å². The second kappa shape index (κ2) is 9.16. The third-order valence-corrected chi connectivity index (χ3v) is 4.54. The van der Waals surface area contributed by atoms with Crippen molar-refractivity contribution in [3.63, 3.8) is 0 Å². The molecule has 0 atom stereocenters. The monoisotopic (exact) mass is 470 g/mol. The maximum Gasteiger partial charge on any atom is 0.213 e. The largest absolute Gasteiger partial charge is 0.481 e. The van der Waals surface area contributed by atoms with Crippen LogP contribution in [0.3, 0.4) is 0 Å². The maximum atomic E-state index is 13.5. The topological polar surface area (TPSA) is 58.5 Å². The van der Waals surface area contributed by atoms with Crippen molar-refractivity contribution in [2.75, 3.05) is 20.7 Å². The molecule has 26 heavy (non-hydrogen) atoms. The maximum absolute atomic E-state index is 13.5. The minimum atomic E-state index is -0.185. The Kier molecular flexibility index (Phi) is 7.19. The number of aromatic nitrogens is 1. The molecule has 1 aromatic heterocycles. The van der Waals surface area contributed by atoms with Crippen LogP contribution < -0.4 is 15.4 Å². The number of benzene rings is 1. The van der Waals surface area contributed by atoms with E-state index in [1.807, 2.05) is 24.3 Å². The third-order valence-electron chi connectivity index (χ3n) is 4.54. The van der Waals surface area contributed by atoms with E-state index in [1.54, 1.807) is 26.3 Å². The molecule has 140 valence electrons. The van der Waals surface area contributed by atoms with Crippen molar-refractivity contribution in [2.24, 2.45) is 4.99 Å². The number of hydrogen-bond acceptors (Lipinski definition) is 3. The molecule has 0 spiro atoms. The lowest BCUT2D eigenvalue weighted by Gasteiger charge is -2.19. The van der Waals surface area contributed by atoms with Crippen LogP contribution in [0.4, 0.5) is 4.39 Å². The van der Waals surface area contributed by atoms with Crippen molar-refractivity contribution in [2.45, 2.75) is 24.8 Å². The summed E-state index contributed by atoms with van der Waals surface area (Å²) in [4.78, 5) is 8.62. The molecule has 1 saturated carbocycles. The smallest absolute Gasteiger partial charge is 0.213 e. The molecule has 0 saturated heterocycles. The van der Waals surface area contributed by atoms with Crippen LogP contribution in [0, 0.1) is 5.82 Å². The molecule has 0 aliphatic heterocycles. The molecule has 1 aliphatic rings. The highest BCUT2D eigenvalue weighted by Gasteiger charge is 2.44. The molecule has 1 fully saturated rings. The molecule has 0 radical (unpaired) electrons. The molecule has 3 rings (SSSR count). The van der Waals surface area contributed by atoms with E-state index in [2.05, 4.69) is 20.6 Å². The number of halogens is 2. The summed E-state index contributed by atoms with van der Waals surface area (Å²) in [7, 11) is 3.33. The lowest BCUT2D eigenvalue weighted by molar-refractivity contribution is 0.396. The van der Waals surface area contributed by atoms with Crippen LogP contribution >= 0.6 is 24.0 Å². The van der Waals surface area contributed by atoms with Gasteiger partial charge in [-0.2, -0.15) is 0 Å². The number of nitrogens with one attached hydrogen (secondary N) is 2. The molecule has 1 aromatic carbocycles. The van der Waals surface area contributed by atoms with Crippen LogP contribution in [0.2, 0.25) is 0 Å². The Morgan fingerprint density at radius 3 is 2.65 bits per heavy atom. The van der Waals surface area contributed by atoms with Gasteiger partial charge in [-0.05, 0) is 36.6 Å². The fraction of sp³-hybridized carbons (Fsp3) is 0.368. The summed E-state index contributed by atoms with van der Waals surface area (Å²) in [5.74, 6) is 1.10. The third kappa shape index (κ3) is 5.06. The Hall–Kier alpha value is -1.90. The lowest BCUT2D eigenvalue weighted by Crippen LogP contribution is -2.41. The number of hydrogen-bond donors (Lipinski definition) is 2. The van der Waals surface area contributed by atoms with E-state index in [1.165, 1.54) is 6.07 Å². The van der Waals surface area contributed by atoms with Gasteiger partial charge >= 0.3 is 0 Å². The van der Waals surface area contributed by atoms with Crippen molar-refractivity contribution in [3.05, 3.63) is 59.5 Å². The number of ether oxygens (including phenoxy) is 1. The fourth-order valence-corrected chi connectivity index (χ4v) is 2.85. The Morgan fingerprint density at radius 2 is 2.00 bits per heavy atom. The zero-order valence-electron chi connectivity index (χ0n) is 15.0. The highest BCUT2D eigenvalue weighted by Crippen LogP contribution is 2.47. The molecule has 0 amide bonds. The molecule has 7 heteroatoms. The predicted molar refractivity (Wildman–Crippen MR) is 112 cm³/mol. The molecule has 5 nitrogen and oxygen atoms in total. The van der Waals surface area contributed by atoms with E-state index in [0.29, 0.717) is 18.4 Å². The molecule has 2 N–H and O–H groups in total. The second-order valence-corrected chi connectivity index (χ2v) is 6.24. The first kappa shape index (κ1) is 20.4. The highest BCUT2D eigenvalue weighted by molar-refractivity contribution is 14.0. The Labute approximate surface area is 170 Å². The van der Waals surface area contributed by atoms with E-state index in [-0.39, 0.29) is 35.2 Å². The minimum absolute atomic E-state index is 0. The van der Waals surface area contributed by atoms with Gasteiger partial charge in [-0.3, -0.25) is 4.99 Å². The SMILES string of the molecule is CN=C(NCc1cccc(OC)n1)NCC1(c2cccc(F)c2)CC1.I. The molecule has 0 bridgehead atoms. The van der Waals surface area contributed by atoms with Crippen LogP contribution in [-0.4, -0.2) is 31.6 Å². The van der Waals surface area contributed by atoms with Gasteiger partial charge in [-0.15, -0.1) is 24.0 Å². The van der Waals surface area contributed by atoms with Crippen molar-refractivity contribution in [3.8, 4) is 5.88 Å². The molecule has 1 aliphatic carbocycles. The van der Waals surface area contributed by atoms with Crippen LogP contribution in [0.1, 0.15) is 24.1 Å². The number of rotatable bonds is 6. The normalized spacial score (nSPS) is 15.0. The van der Waals surface area contributed by atoms with Crippen LogP contribution in [0.5, 0.6) is 5.88 Å². The van der Waals surface area contributed by atoms with Crippen LogP contribution in [0.25, 0.3) is 0 Å². The first-order valence-electron chi connectivity index (χ1n) is 8.36. The minimum Gasteiger partial charge on any atom is -0.481 e. The van der Waals surface area contributed by atoms with Crippen molar-refractivity contribution >= 4 is 29.9 Å². The first-order chi connectivity index (χ1) is 12.1. The predicted octanol–water partition coefficient (Wildman–Crippen LogP) is 3.24. The van der Waals surface area contributed by atoms with Gasteiger partial charge in [0.25, 0.3) is 0 Å². The summed E-state index contributed by atoms with van der Waals surface area (Å²) >= 11 is 0. The van der Waals surface area contributed by atoms with Gasteiger partial charge in [0.1, 0.15) is 5.82 Å². The fourth-order valence-electron chi connectivity index (χ4n) is 2.85. The van der Waals surface area contributed by atoms with Gasteiger partial charge in [-0.1, -0.05) is 18.2 Å². The summed E-state index contributed by atoms with van der Waals surface area (Å²) in [6, 6.07) is 12.5.